The maximum Gasteiger partial charge on any atom is 0.337 e. The van der Waals surface area contributed by atoms with Gasteiger partial charge in [-0.1, -0.05) is 29.3 Å². The van der Waals surface area contributed by atoms with Crippen LogP contribution in [0.4, 0.5) is 0 Å². The number of benzene rings is 1. The van der Waals surface area contributed by atoms with Crippen molar-refractivity contribution in [3.05, 3.63) is 68.1 Å². The first-order valence-corrected chi connectivity index (χ1v) is 6.11. The van der Waals surface area contributed by atoms with Crippen molar-refractivity contribution in [3.63, 3.8) is 0 Å². The minimum absolute atomic E-state index is 0.0303. The minimum atomic E-state index is -1.10. The van der Waals surface area contributed by atoms with E-state index in [1.807, 2.05) is 0 Å². The summed E-state index contributed by atoms with van der Waals surface area (Å²) in [6.07, 6.45) is 1.27. The number of hydrogen-bond donors (Lipinski definition) is 1. The average molecular weight is 298 g/mol. The molecular weight excluding hydrogens is 289 g/mol. The number of rotatable bonds is 3. The van der Waals surface area contributed by atoms with Gasteiger partial charge in [-0.2, -0.15) is 0 Å². The molecule has 0 unspecified atom stereocenters. The summed E-state index contributed by atoms with van der Waals surface area (Å²) in [6, 6.07) is 7.48. The third kappa shape index (κ3) is 2.97. The molecule has 0 amide bonds. The highest BCUT2D eigenvalue weighted by atomic mass is 35.5. The van der Waals surface area contributed by atoms with Crippen LogP contribution in [0.3, 0.4) is 0 Å². The molecule has 0 saturated heterocycles. The van der Waals surface area contributed by atoms with E-state index in [1.54, 1.807) is 18.2 Å². The monoisotopic (exact) mass is 297 g/mol. The van der Waals surface area contributed by atoms with Gasteiger partial charge in [0.05, 0.1) is 12.1 Å². The van der Waals surface area contributed by atoms with Gasteiger partial charge in [0.2, 0.25) is 0 Å². The van der Waals surface area contributed by atoms with Gasteiger partial charge in [-0.05, 0) is 18.2 Å². The molecule has 2 aromatic rings. The molecule has 0 aliphatic heterocycles. The van der Waals surface area contributed by atoms with Crippen molar-refractivity contribution in [1.29, 1.82) is 0 Å². The van der Waals surface area contributed by atoms with Gasteiger partial charge >= 0.3 is 5.97 Å². The van der Waals surface area contributed by atoms with Gasteiger partial charge in [0.25, 0.3) is 5.56 Å². The summed E-state index contributed by atoms with van der Waals surface area (Å²) < 4.78 is 1.26. The normalized spacial score (nSPS) is 10.4. The van der Waals surface area contributed by atoms with Gasteiger partial charge in [-0.25, -0.2) is 4.79 Å². The van der Waals surface area contributed by atoms with Crippen molar-refractivity contribution in [3.8, 4) is 0 Å². The molecule has 1 aromatic carbocycles. The summed E-state index contributed by atoms with van der Waals surface area (Å²) in [5.41, 5.74) is 0.291. The first-order chi connectivity index (χ1) is 8.99. The number of pyridine rings is 1. The fourth-order valence-corrected chi connectivity index (χ4v) is 2.15. The summed E-state index contributed by atoms with van der Waals surface area (Å²) in [6.45, 7) is 0.123. The van der Waals surface area contributed by atoms with Crippen LogP contribution in [0.15, 0.2) is 41.3 Å². The van der Waals surface area contributed by atoms with Crippen LogP contribution in [0, 0.1) is 0 Å². The molecule has 0 atom stereocenters. The highest BCUT2D eigenvalue weighted by Gasteiger charge is 2.09. The van der Waals surface area contributed by atoms with Crippen molar-refractivity contribution in [2.75, 3.05) is 0 Å². The molecule has 1 N–H and O–H groups in total. The molecule has 2 rings (SSSR count). The lowest BCUT2D eigenvalue weighted by Crippen LogP contribution is -2.21. The van der Waals surface area contributed by atoms with Crippen LogP contribution in [0.1, 0.15) is 15.9 Å². The molecule has 19 heavy (non-hydrogen) atoms. The minimum Gasteiger partial charge on any atom is -0.478 e. The third-order valence-corrected chi connectivity index (χ3v) is 3.33. The Morgan fingerprint density at radius 3 is 2.37 bits per heavy atom. The molecule has 0 radical (unpaired) electrons. The zero-order chi connectivity index (χ0) is 14.0. The Hall–Kier alpha value is -1.78. The molecule has 6 heteroatoms. The molecule has 0 aliphatic rings. The average Bonchev–Trinajstić information content (AvgIpc) is 2.35. The second-order valence-electron chi connectivity index (χ2n) is 3.89. The molecule has 0 bridgehead atoms. The Labute approximate surface area is 118 Å². The maximum absolute atomic E-state index is 11.7. The highest BCUT2D eigenvalue weighted by molar-refractivity contribution is 6.35. The van der Waals surface area contributed by atoms with E-state index in [2.05, 4.69) is 0 Å². The van der Waals surface area contributed by atoms with Gasteiger partial charge in [-0.15, -0.1) is 0 Å². The largest absolute Gasteiger partial charge is 0.478 e. The van der Waals surface area contributed by atoms with Crippen molar-refractivity contribution in [2.45, 2.75) is 6.54 Å². The number of carbonyl (C=O) groups is 1. The first kappa shape index (κ1) is 13.6. The van der Waals surface area contributed by atoms with Gasteiger partial charge < -0.3 is 9.67 Å². The molecule has 0 spiro atoms. The Morgan fingerprint density at radius 2 is 1.79 bits per heavy atom. The number of carboxylic acid groups (broad SMARTS) is 1. The topological polar surface area (TPSA) is 59.3 Å². The number of hydrogen-bond acceptors (Lipinski definition) is 2. The molecule has 0 saturated carbocycles. The van der Waals surface area contributed by atoms with Crippen molar-refractivity contribution in [2.24, 2.45) is 0 Å². The smallest absolute Gasteiger partial charge is 0.337 e. The lowest BCUT2D eigenvalue weighted by Gasteiger charge is -2.10. The number of aromatic nitrogens is 1. The summed E-state index contributed by atoms with van der Waals surface area (Å²) in [5.74, 6) is -1.10. The number of aromatic carboxylic acids is 1. The van der Waals surface area contributed by atoms with E-state index >= 15 is 0 Å². The fraction of sp³-hybridized carbons (Fsp3) is 0.0769. The van der Waals surface area contributed by atoms with E-state index in [9.17, 15) is 9.59 Å². The van der Waals surface area contributed by atoms with Gasteiger partial charge in [0, 0.05) is 27.9 Å². The summed E-state index contributed by atoms with van der Waals surface area (Å²) in [4.78, 5) is 22.6. The molecule has 1 heterocycles. The highest BCUT2D eigenvalue weighted by Crippen LogP contribution is 2.24. The van der Waals surface area contributed by atoms with Gasteiger partial charge in [0.1, 0.15) is 0 Å². The van der Waals surface area contributed by atoms with E-state index in [1.165, 1.54) is 22.9 Å². The molecular formula is C13H9Cl2NO3. The second kappa shape index (κ2) is 5.47. The Kier molecular flexibility index (Phi) is 3.93. The van der Waals surface area contributed by atoms with Crippen molar-refractivity contribution < 1.29 is 9.90 Å². The van der Waals surface area contributed by atoms with E-state index in [-0.39, 0.29) is 17.7 Å². The third-order valence-electron chi connectivity index (χ3n) is 2.62. The van der Waals surface area contributed by atoms with Crippen molar-refractivity contribution >= 4 is 29.2 Å². The van der Waals surface area contributed by atoms with Crippen LogP contribution in [-0.4, -0.2) is 15.6 Å². The molecule has 0 fully saturated rings. The zero-order valence-electron chi connectivity index (χ0n) is 9.64. The Bertz CT molecular complexity index is 674. The van der Waals surface area contributed by atoms with E-state index in [0.717, 1.165) is 0 Å². The van der Waals surface area contributed by atoms with E-state index < -0.39 is 5.97 Å². The predicted octanol–water partition coefficient (Wildman–Crippen LogP) is 2.90. The molecule has 1 aromatic heterocycles. The Morgan fingerprint density at radius 1 is 1.16 bits per heavy atom. The zero-order valence-corrected chi connectivity index (χ0v) is 11.1. The summed E-state index contributed by atoms with van der Waals surface area (Å²) in [5, 5.41) is 9.77. The predicted molar refractivity (Wildman–Crippen MR) is 73.2 cm³/mol. The second-order valence-corrected chi connectivity index (χ2v) is 4.70. The van der Waals surface area contributed by atoms with Gasteiger partial charge in [0.15, 0.2) is 0 Å². The van der Waals surface area contributed by atoms with Gasteiger partial charge in [-0.3, -0.25) is 4.79 Å². The van der Waals surface area contributed by atoms with Crippen LogP contribution in [0.25, 0.3) is 0 Å². The van der Waals surface area contributed by atoms with Crippen LogP contribution in [-0.2, 0) is 6.54 Å². The fourth-order valence-electron chi connectivity index (χ4n) is 1.64. The maximum atomic E-state index is 11.7. The van der Waals surface area contributed by atoms with E-state index in [0.29, 0.717) is 15.6 Å². The quantitative estimate of drug-likeness (QED) is 0.947. The SMILES string of the molecule is O=C(O)c1ccc(=O)n(Cc2c(Cl)cccc2Cl)c1. The van der Waals surface area contributed by atoms with Crippen LogP contribution >= 0.6 is 23.2 Å². The van der Waals surface area contributed by atoms with Crippen LogP contribution in [0.5, 0.6) is 0 Å². The first-order valence-electron chi connectivity index (χ1n) is 5.35. The Balaban J connectivity index is 2.46. The molecule has 4 nitrogen and oxygen atoms in total. The van der Waals surface area contributed by atoms with Crippen molar-refractivity contribution in [1.82, 2.24) is 4.57 Å². The molecule has 0 aliphatic carbocycles. The standard InChI is InChI=1S/C13H9Cl2NO3/c14-10-2-1-3-11(15)9(10)7-16-6-8(13(18)19)4-5-12(16)17/h1-6H,7H2,(H,18,19). The van der Waals surface area contributed by atoms with Crippen LogP contribution in [0.2, 0.25) is 10.0 Å². The van der Waals surface area contributed by atoms with E-state index in [4.69, 9.17) is 28.3 Å². The lowest BCUT2D eigenvalue weighted by atomic mass is 10.2. The summed E-state index contributed by atoms with van der Waals surface area (Å²) >= 11 is 12.0. The number of halogens is 2. The van der Waals surface area contributed by atoms with Crippen LogP contribution < -0.4 is 5.56 Å². The number of nitrogens with zero attached hydrogens (tertiary/aromatic N) is 1. The summed E-state index contributed by atoms with van der Waals surface area (Å²) in [7, 11) is 0. The lowest BCUT2D eigenvalue weighted by molar-refractivity contribution is 0.0696. The number of carboxylic acids is 1. The molecule has 98 valence electrons.